The number of hydrogen-bond acceptors (Lipinski definition) is 3. The molecule has 1 aromatic carbocycles. The molecule has 1 amide bonds. The topological polar surface area (TPSA) is 64.3 Å². The minimum Gasteiger partial charge on any atom is -0.481 e. The molecule has 2 atom stereocenters. The third-order valence-corrected chi connectivity index (χ3v) is 2.91. The normalized spacial score (nSPS) is 14.0. The van der Waals surface area contributed by atoms with E-state index in [1.54, 1.807) is 6.92 Å². The van der Waals surface area contributed by atoms with E-state index in [0.29, 0.717) is 11.8 Å². The van der Waals surface area contributed by atoms with Crippen molar-refractivity contribution in [2.45, 2.75) is 39.8 Å². The van der Waals surface area contributed by atoms with Gasteiger partial charge in [0, 0.05) is 6.04 Å². The standard InChI is InChI=1S/C14H22N2O2/c1-5-16-10(3)12-6-7-13(9(2)8-12)18-11(4)14(15)17/h6-8,10-11,16H,5H2,1-4H3,(H2,15,17). The van der Waals surface area contributed by atoms with Gasteiger partial charge in [-0.1, -0.05) is 19.1 Å². The van der Waals surface area contributed by atoms with Gasteiger partial charge in [0.2, 0.25) is 0 Å². The minimum absolute atomic E-state index is 0.302. The summed E-state index contributed by atoms with van der Waals surface area (Å²) >= 11 is 0. The van der Waals surface area contributed by atoms with Crippen LogP contribution in [0.5, 0.6) is 5.75 Å². The van der Waals surface area contributed by atoms with Crippen molar-refractivity contribution in [3.8, 4) is 5.75 Å². The Morgan fingerprint density at radius 2 is 2.11 bits per heavy atom. The second kappa shape index (κ2) is 6.40. The highest BCUT2D eigenvalue weighted by atomic mass is 16.5. The van der Waals surface area contributed by atoms with Gasteiger partial charge in [-0.05, 0) is 44.5 Å². The molecule has 0 radical (unpaired) electrons. The van der Waals surface area contributed by atoms with Crippen LogP contribution >= 0.6 is 0 Å². The van der Waals surface area contributed by atoms with Gasteiger partial charge in [-0.3, -0.25) is 4.79 Å². The van der Waals surface area contributed by atoms with Crippen LogP contribution < -0.4 is 15.8 Å². The number of nitrogens with one attached hydrogen (secondary N) is 1. The number of ether oxygens (including phenoxy) is 1. The zero-order valence-electron chi connectivity index (χ0n) is 11.5. The van der Waals surface area contributed by atoms with E-state index in [-0.39, 0.29) is 0 Å². The lowest BCUT2D eigenvalue weighted by Gasteiger charge is -2.17. The molecule has 0 aliphatic heterocycles. The first-order chi connectivity index (χ1) is 8.45. The quantitative estimate of drug-likeness (QED) is 0.810. The maximum absolute atomic E-state index is 11.0. The van der Waals surface area contributed by atoms with Crippen LogP contribution in [0.2, 0.25) is 0 Å². The number of hydrogen-bond donors (Lipinski definition) is 2. The average molecular weight is 250 g/mol. The fourth-order valence-electron chi connectivity index (χ4n) is 1.75. The predicted octanol–water partition coefficient (Wildman–Crippen LogP) is 1.92. The lowest BCUT2D eigenvalue weighted by atomic mass is 10.0. The van der Waals surface area contributed by atoms with Crippen molar-refractivity contribution in [3.05, 3.63) is 29.3 Å². The van der Waals surface area contributed by atoms with Gasteiger partial charge < -0.3 is 15.8 Å². The van der Waals surface area contributed by atoms with Crippen LogP contribution in [0.1, 0.15) is 37.9 Å². The molecular weight excluding hydrogens is 228 g/mol. The molecule has 100 valence electrons. The summed E-state index contributed by atoms with van der Waals surface area (Å²) in [6, 6.07) is 6.26. The zero-order chi connectivity index (χ0) is 13.7. The summed E-state index contributed by atoms with van der Waals surface area (Å²) in [6.07, 6.45) is -0.610. The minimum atomic E-state index is -0.610. The van der Waals surface area contributed by atoms with E-state index in [4.69, 9.17) is 10.5 Å². The van der Waals surface area contributed by atoms with Crippen molar-refractivity contribution in [2.24, 2.45) is 5.73 Å². The van der Waals surface area contributed by atoms with E-state index in [1.165, 1.54) is 5.56 Å². The molecule has 0 aliphatic rings. The summed E-state index contributed by atoms with van der Waals surface area (Å²) in [5, 5.41) is 3.35. The van der Waals surface area contributed by atoms with Gasteiger partial charge in [0.1, 0.15) is 5.75 Å². The summed E-state index contributed by atoms with van der Waals surface area (Å²) in [5.41, 5.74) is 7.38. The molecule has 2 unspecified atom stereocenters. The van der Waals surface area contributed by atoms with Crippen LogP contribution in [0.4, 0.5) is 0 Å². The van der Waals surface area contributed by atoms with Crippen molar-refractivity contribution >= 4 is 5.91 Å². The average Bonchev–Trinajstić information content (AvgIpc) is 2.31. The summed E-state index contributed by atoms with van der Waals surface area (Å²) < 4.78 is 5.51. The van der Waals surface area contributed by atoms with Crippen LogP contribution in [0.15, 0.2) is 18.2 Å². The van der Waals surface area contributed by atoms with Crippen LogP contribution in [0.3, 0.4) is 0 Å². The Kier molecular flexibility index (Phi) is 5.16. The molecule has 0 saturated carbocycles. The monoisotopic (exact) mass is 250 g/mol. The number of aryl methyl sites for hydroxylation is 1. The molecule has 0 aromatic heterocycles. The van der Waals surface area contributed by atoms with Crippen LogP contribution in [-0.2, 0) is 4.79 Å². The maximum Gasteiger partial charge on any atom is 0.258 e. The number of rotatable bonds is 6. The number of carbonyl (C=O) groups excluding carboxylic acids is 1. The van der Waals surface area contributed by atoms with Crippen molar-refractivity contribution in [2.75, 3.05) is 6.54 Å². The largest absolute Gasteiger partial charge is 0.481 e. The highest BCUT2D eigenvalue weighted by Crippen LogP contribution is 2.23. The van der Waals surface area contributed by atoms with Crippen molar-refractivity contribution in [1.29, 1.82) is 0 Å². The molecular formula is C14H22N2O2. The van der Waals surface area contributed by atoms with E-state index in [0.717, 1.165) is 12.1 Å². The predicted molar refractivity (Wildman–Crippen MR) is 72.6 cm³/mol. The molecule has 0 bridgehead atoms. The molecule has 1 aromatic rings. The second-order valence-electron chi connectivity index (χ2n) is 4.47. The van der Waals surface area contributed by atoms with Gasteiger partial charge in [0.05, 0.1) is 0 Å². The molecule has 1 rings (SSSR count). The Labute approximate surface area is 109 Å². The lowest BCUT2D eigenvalue weighted by Crippen LogP contribution is -2.30. The summed E-state index contributed by atoms with van der Waals surface area (Å²) in [5.74, 6) is 0.244. The number of amides is 1. The van der Waals surface area contributed by atoms with Crippen LogP contribution in [-0.4, -0.2) is 18.6 Å². The highest BCUT2D eigenvalue weighted by Gasteiger charge is 2.12. The molecule has 18 heavy (non-hydrogen) atoms. The molecule has 0 spiro atoms. The van der Waals surface area contributed by atoms with Crippen molar-refractivity contribution in [3.63, 3.8) is 0 Å². The summed E-state index contributed by atoms with van der Waals surface area (Å²) in [6.45, 7) is 8.74. The summed E-state index contributed by atoms with van der Waals surface area (Å²) in [7, 11) is 0. The lowest BCUT2D eigenvalue weighted by molar-refractivity contribution is -0.123. The van der Waals surface area contributed by atoms with Crippen LogP contribution in [0.25, 0.3) is 0 Å². The van der Waals surface area contributed by atoms with Crippen LogP contribution in [0, 0.1) is 6.92 Å². The van der Waals surface area contributed by atoms with E-state index in [9.17, 15) is 4.79 Å². The van der Waals surface area contributed by atoms with E-state index in [1.807, 2.05) is 19.1 Å². The molecule has 0 saturated heterocycles. The highest BCUT2D eigenvalue weighted by molar-refractivity contribution is 5.78. The van der Waals surface area contributed by atoms with Gasteiger partial charge >= 0.3 is 0 Å². The van der Waals surface area contributed by atoms with Crippen molar-refractivity contribution < 1.29 is 9.53 Å². The van der Waals surface area contributed by atoms with Gasteiger partial charge in [-0.15, -0.1) is 0 Å². The first-order valence-electron chi connectivity index (χ1n) is 6.25. The molecule has 4 nitrogen and oxygen atoms in total. The number of carbonyl (C=O) groups is 1. The van der Waals surface area contributed by atoms with Gasteiger partial charge in [0.25, 0.3) is 5.91 Å². The smallest absolute Gasteiger partial charge is 0.258 e. The van der Waals surface area contributed by atoms with Gasteiger partial charge in [-0.25, -0.2) is 0 Å². The van der Waals surface area contributed by atoms with Gasteiger partial charge in [0.15, 0.2) is 6.10 Å². The molecule has 4 heteroatoms. The third-order valence-electron chi connectivity index (χ3n) is 2.91. The Morgan fingerprint density at radius 3 is 2.61 bits per heavy atom. The third kappa shape index (κ3) is 3.74. The Morgan fingerprint density at radius 1 is 1.44 bits per heavy atom. The molecule has 3 N–H and O–H groups in total. The fraction of sp³-hybridized carbons (Fsp3) is 0.500. The number of nitrogens with two attached hydrogens (primary N) is 1. The summed E-state index contributed by atoms with van der Waals surface area (Å²) in [4.78, 5) is 11.0. The zero-order valence-corrected chi connectivity index (χ0v) is 11.5. The first-order valence-corrected chi connectivity index (χ1v) is 6.25. The van der Waals surface area contributed by atoms with E-state index in [2.05, 4.69) is 25.2 Å². The van der Waals surface area contributed by atoms with E-state index < -0.39 is 12.0 Å². The molecule has 0 heterocycles. The molecule has 0 fully saturated rings. The Hall–Kier alpha value is -1.55. The number of primary amides is 1. The first kappa shape index (κ1) is 14.5. The molecule has 0 aliphatic carbocycles. The maximum atomic E-state index is 11.0. The number of benzene rings is 1. The Balaban J connectivity index is 2.82. The SMILES string of the molecule is CCNC(C)c1ccc(OC(C)C(N)=O)c(C)c1. The van der Waals surface area contributed by atoms with Crippen molar-refractivity contribution in [1.82, 2.24) is 5.32 Å². The van der Waals surface area contributed by atoms with Gasteiger partial charge in [-0.2, -0.15) is 0 Å². The fourth-order valence-corrected chi connectivity index (χ4v) is 1.75. The van der Waals surface area contributed by atoms with E-state index >= 15 is 0 Å². The Bertz CT molecular complexity index is 418. The second-order valence-corrected chi connectivity index (χ2v) is 4.47.